The molecular weight excluding hydrogens is 362 g/mol. The standard InChI is InChI=1S/C24H27N3O2/c1-18(20-3-4-22-16-23(29-2)6-5-21(22)15-20)24(28)27-13-11-26(12-14-27)17-19-7-9-25-10-8-19/h3-10,15-16,18H,11-14,17H2,1-2H3. The van der Waals surface area contributed by atoms with Gasteiger partial charge in [-0.2, -0.15) is 0 Å². The molecule has 4 rings (SSSR count). The van der Waals surface area contributed by atoms with E-state index in [-0.39, 0.29) is 11.8 Å². The zero-order chi connectivity index (χ0) is 20.2. The Labute approximate surface area is 171 Å². The maximum atomic E-state index is 13.1. The van der Waals surface area contributed by atoms with Crippen LogP contribution in [0.2, 0.25) is 0 Å². The Balaban J connectivity index is 1.39. The number of ether oxygens (including phenoxy) is 1. The smallest absolute Gasteiger partial charge is 0.229 e. The molecule has 2 aromatic carbocycles. The molecule has 1 aliphatic rings. The number of pyridine rings is 1. The van der Waals surface area contributed by atoms with Gasteiger partial charge in [-0.3, -0.25) is 14.7 Å². The minimum absolute atomic E-state index is 0.145. The number of nitrogens with zero attached hydrogens (tertiary/aromatic N) is 3. The van der Waals surface area contributed by atoms with Crippen molar-refractivity contribution in [1.29, 1.82) is 0 Å². The van der Waals surface area contributed by atoms with Crippen molar-refractivity contribution in [3.8, 4) is 5.75 Å². The maximum Gasteiger partial charge on any atom is 0.229 e. The highest BCUT2D eigenvalue weighted by atomic mass is 16.5. The van der Waals surface area contributed by atoms with Crippen molar-refractivity contribution in [2.75, 3.05) is 33.3 Å². The van der Waals surface area contributed by atoms with Crippen molar-refractivity contribution in [1.82, 2.24) is 14.8 Å². The van der Waals surface area contributed by atoms with Crippen molar-refractivity contribution in [2.24, 2.45) is 0 Å². The molecule has 150 valence electrons. The molecule has 0 N–H and O–H groups in total. The molecule has 5 nitrogen and oxygen atoms in total. The van der Waals surface area contributed by atoms with E-state index in [1.807, 2.05) is 42.4 Å². The van der Waals surface area contributed by atoms with Crippen molar-refractivity contribution in [3.63, 3.8) is 0 Å². The van der Waals surface area contributed by atoms with E-state index < -0.39 is 0 Å². The van der Waals surface area contributed by atoms with Crippen LogP contribution in [-0.2, 0) is 11.3 Å². The van der Waals surface area contributed by atoms with Gasteiger partial charge in [0.05, 0.1) is 13.0 Å². The first kappa shape index (κ1) is 19.4. The lowest BCUT2D eigenvalue weighted by atomic mass is 9.96. The average Bonchev–Trinajstić information content (AvgIpc) is 2.78. The molecule has 1 atom stereocenters. The third-order valence-electron chi connectivity index (χ3n) is 5.78. The van der Waals surface area contributed by atoms with E-state index in [1.54, 1.807) is 7.11 Å². The molecule has 0 bridgehead atoms. The van der Waals surface area contributed by atoms with Gasteiger partial charge in [-0.25, -0.2) is 0 Å². The Kier molecular flexibility index (Phi) is 5.76. The Morgan fingerprint density at radius 3 is 2.41 bits per heavy atom. The van der Waals surface area contributed by atoms with Gasteiger partial charge in [-0.1, -0.05) is 24.3 Å². The maximum absolute atomic E-state index is 13.1. The van der Waals surface area contributed by atoms with Gasteiger partial charge in [0, 0.05) is 45.1 Å². The van der Waals surface area contributed by atoms with E-state index >= 15 is 0 Å². The number of benzene rings is 2. The van der Waals surface area contributed by atoms with Crippen LogP contribution in [0.5, 0.6) is 5.75 Å². The van der Waals surface area contributed by atoms with Gasteiger partial charge in [0.15, 0.2) is 0 Å². The van der Waals surface area contributed by atoms with Crippen LogP contribution < -0.4 is 4.74 Å². The second-order valence-electron chi connectivity index (χ2n) is 7.65. The Hall–Kier alpha value is -2.92. The van der Waals surface area contributed by atoms with Crippen molar-refractivity contribution < 1.29 is 9.53 Å². The number of hydrogen-bond acceptors (Lipinski definition) is 4. The van der Waals surface area contributed by atoms with Crippen LogP contribution in [0.4, 0.5) is 0 Å². The van der Waals surface area contributed by atoms with Crippen LogP contribution in [0, 0.1) is 0 Å². The number of methoxy groups -OCH3 is 1. The number of carbonyl (C=O) groups is 1. The third kappa shape index (κ3) is 4.40. The monoisotopic (exact) mass is 389 g/mol. The third-order valence-corrected chi connectivity index (χ3v) is 5.78. The fourth-order valence-electron chi connectivity index (χ4n) is 3.93. The molecule has 3 aromatic rings. The van der Waals surface area contributed by atoms with Crippen molar-refractivity contribution in [3.05, 3.63) is 72.1 Å². The van der Waals surface area contributed by atoms with Gasteiger partial charge in [0.1, 0.15) is 5.75 Å². The summed E-state index contributed by atoms with van der Waals surface area (Å²) in [4.78, 5) is 21.6. The SMILES string of the molecule is COc1ccc2cc(C(C)C(=O)N3CCN(Cc4ccncc4)CC3)ccc2c1. The van der Waals surface area contributed by atoms with Gasteiger partial charge in [-0.05, 0) is 53.1 Å². The number of piperazine rings is 1. The van der Waals surface area contributed by atoms with Crippen LogP contribution >= 0.6 is 0 Å². The molecule has 1 unspecified atom stereocenters. The van der Waals surface area contributed by atoms with Crippen LogP contribution in [0.25, 0.3) is 10.8 Å². The zero-order valence-corrected chi connectivity index (χ0v) is 17.0. The fourth-order valence-corrected chi connectivity index (χ4v) is 3.93. The summed E-state index contributed by atoms with van der Waals surface area (Å²) in [5, 5.41) is 2.25. The summed E-state index contributed by atoms with van der Waals surface area (Å²) in [6, 6.07) is 16.4. The first-order valence-electron chi connectivity index (χ1n) is 10.1. The summed E-state index contributed by atoms with van der Waals surface area (Å²) in [5.74, 6) is 0.911. The van der Waals surface area contributed by atoms with Crippen LogP contribution in [0.1, 0.15) is 24.0 Å². The summed E-state index contributed by atoms with van der Waals surface area (Å²) in [6.45, 7) is 6.28. The average molecular weight is 389 g/mol. The van der Waals surface area contributed by atoms with E-state index in [9.17, 15) is 4.79 Å². The minimum Gasteiger partial charge on any atom is -0.497 e. The zero-order valence-electron chi connectivity index (χ0n) is 17.0. The van der Waals surface area contributed by atoms with E-state index in [0.29, 0.717) is 0 Å². The Bertz CT molecular complexity index is 982. The predicted molar refractivity (Wildman–Crippen MR) is 115 cm³/mol. The molecule has 0 saturated carbocycles. The molecule has 5 heteroatoms. The molecule has 1 aromatic heterocycles. The summed E-state index contributed by atoms with van der Waals surface area (Å²) in [6.07, 6.45) is 3.66. The molecule has 1 saturated heterocycles. The number of amides is 1. The van der Waals surface area contributed by atoms with Gasteiger partial charge >= 0.3 is 0 Å². The molecule has 0 spiro atoms. The van der Waals surface area contributed by atoms with Crippen LogP contribution in [-0.4, -0.2) is 54.0 Å². The molecular formula is C24H27N3O2. The molecule has 0 radical (unpaired) electrons. The van der Waals surface area contributed by atoms with Gasteiger partial charge in [0.25, 0.3) is 0 Å². The lowest BCUT2D eigenvalue weighted by Gasteiger charge is -2.36. The second-order valence-corrected chi connectivity index (χ2v) is 7.65. The number of carbonyl (C=O) groups excluding carboxylic acids is 1. The van der Waals surface area contributed by atoms with E-state index in [2.05, 4.69) is 40.2 Å². The fraction of sp³-hybridized carbons (Fsp3) is 0.333. The highest BCUT2D eigenvalue weighted by Gasteiger charge is 2.26. The molecule has 1 aliphatic heterocycles. The number of rotatable bonds is 5. The van der Waals surface area contributed by atoms with Gasteiger partial charge < -0.3 is 9.64 Å². The van der Waals surface area contributed by atoms with E-state index in [4.69, 9.17) is 4.74 Å². The normalized spacial score (nSPS) is 16.0. The van der Waals surface area contributed by atoms with Gasteiger partial charge in [0.2, 0.25) is 5.91 Å². The van der Waals surface area contributed by atoms with Crippen molar-refractivity contribution >= 4 is 16.7 Å². The summed E-state index contributed by atoms with van der Waals surface area (Å²) < 4.78 is 5.30. The van der Waals surface area contributed by atoms with Crippen LogP contribution in [0.15, 0.2) is 60.9 Å². The highest BCUT2D eigenvalue weighted by Crippen LogP contribution is 2.26. The first-order valence-corrected chi connectivity index (χ1v) is 10.1. The molecule has 1 amide bonds. The highest BCUT2D eigenvalue weighted by molar-refractivity contribution is 5.88. The number of hydrogen-bond donors (Lipinski definition) is 0. The Morgan fingerprint density at radius 1 is 1.00 bits per heavy atom. The molecule has 29 heavy (non-hydrogen) atoms. The lowest BCUT2D eigenvalue weighted by Crippen LogP contribution is -2.49. The lowest BCUT2D eigenvalue weighted by molar-refractivity contribution is -0.134. The molecule has 2 heterocycles. The van der Waals surface area contributed by atoms with E-state index in [1.165, 1.54) is 5.56 Å². The summed E-state index contributed by atoms with van der Waals surface area (Å²) >= 11 is 0. The summed E-state index contributed by atoms with van der Waals surface area (Å²) in [5.41, 5.74) is 2.33. The topological polar surface area (TPSA) is 45.7 Å². The van der Waals surface area contributed by atoms with Crippen LogP contribution in [0.3, 0.4) is 0 Å². The second kappa shape index (κ2) is 8.62. The minimum atomic E-state index is -0.145. The van der Waals surface area contributed by atoms with E-state index in [0.717, 1.165) is 54.8 Å². The van der Waals surface area contributed by atoms with Crippen molar-refractivity contribution in [2.45, 2.75) is 19.4 Å². The molecule has 1 fully saturated rings. The quantitative estimate of drug-likeness (QED) is 0.668. The predicted octanol–water partition coefficient (Wildman–Crippen LogP) is 3.69. The summed E-state index contributed by atoms with van der Waals surface area (Å²) in [7, 11) is 1.67. The molecule has 0 aliphatic carbocycles. The number of aromatic nitrogens is 1. The van der Waals surface area contributed by atoms with Gasteiger partial charge in [-0.15, -0.1) is 0 Å². The number of fused-ring (bicyclic) bond motifs is 1. The largest absolute Gasteiger partial charge is 0.497 e. The first-order chi connectivity index (χ1) is 14.1. The Morgan fingerprint density at radius 2 is 1.69 bits per heavy atom.